The summed E-state index contributed by atoms with van der Waals surface area (Å²) in [5.41, 5.74) is 2.44. The lowest BCUT2D eigenvalue weighted by Gasteiger charge is -2.32. The predicted octanol–water partition coefficient (Wildman–Crippen LogP) is 4.19. The largest absolute Gasteiger partial charge is 0.490 e. The maximum Gasteiger partial charge on any atom is 0.131 e. The van der Waals surface area contributed by atoms with E-state index in [4.69, 9.17) is 4.74 Å². The van der Waals surface area contributed by atoms with Gasteiger partial charge in [-0.15, -0.1) is 0 Å². The van der Waals surface area contributed by atoms with Crippen LogP contribution in [0, 0.1) is 0 Å². The molecule has 4 heteroatoms. The quantitative estimate of drug-likeness (QED) is 0.718. The Morgan fingerprint density at radius 1 is 0.840 bits per heavy atom. The Morgan fingerprint density at radius 3 is 2.24 bits per heavy atom. The Balaban J connectivity index is 1.34. The molecule has 3 aromatic rings. The van der Waals surface area contributed by atoms with E-state index >= 15 is 0 Å². The maximum atomic E-state index is 6.17. The van der Waals surface area contributed by atoms with Crippen molar-refractivity contribution < 1.29 is 4.74 Å². The first-order valence-corrected chi connectivity index (χ1v) is 8.71. The molecule has 126 valence electrons. The Kier molecular flexibility index (Phi) is 4.59. The van der Waals surface area contributed by atoms with Gasteiger partial charge in [-0.1, -0.05) is 42.5 Å². The summed E-state index contributed by atoms with van der Waals surface area (Å²) >= 11 is 0. The summed E-state index contributed by atoms with van der Waals surface area (Å²) in [7, 11) is 0. The molecule has 1 saturated heterocycles. The van der Waals surface area contributed by atoms with Crippen LogP contribution in [-0.4, -0.2) is 29.2 Å². The van der Waals surface area contributed by atoms with Crippen LogP contribution < -0.4 is 9.64 Å². The van der Waals surface area contributed by atoms with Gasteiger partial charge in [0, 0.05) is 32.1 Å². The first-order chi connectivity index (χ1) is 12.4. The Labute approximate surface area is 148 Å². The molecule has 0 spiro atoms. The second-order valence-corrected chi connectivity index (χ2v) is 6.26. The first kappa shape index (κ1) is 15.6. The van der Waals surface area contributed by atoms with Gasteiger partial charge in [0.1, 0.15) is 24.0 Å². The molecular weight excluding hydrogens is 310 g/mol. The van der Waals surface area contributed by atoms with Crippen molar-refractivity contribution in [2.24, 2.45) is 0 Å². The highest BCUT2D eigenvalue weighted by Gasteiger charge is 2.21. The Hall–Kier alpha value is -2.88. The van der Waals surface area contributed by atoms with Crippen LogP contribution in [0.3, 0.4) is 0 Å². The van der Waals surface area contributed by atoms with Gasteiger partial charge < -0.3 is 9.64 Å². The third kappa shape index (κ3) is 3.79. The molecule has 0 amide bonds. The fourth-order valence-electron chi connectivity index (χ4n) is 3.22. The van der Waals surface area contributed by atoms with Crippen molar-refractivity contribution in [3.8, 4) is 16.9 Å². The van der Waals surface area contributed by atoms with Crippen molar-refractivity contribution in [2.75, 3.05) is 18.0 Å². The molecular formula is C21H21N3O. The monoisotopic (exact) mass is 331 g/mol. The highest BCUT2D eigenvalue weighted by atomic mass is 16.5. The van der Waals surface area contributed by atoms with Crippen molar-refractivity contribution >= 4 is 5.82 Å². The van der Waals surface area contributed by atoms with E-state index in [0.29, 0.717) is 0 Å². The van der Waals surface area contributed by atoms with Gasteiger partial charge in [0.2, 0.25) is 0 Å². The lowest BCUT2D eigenvalue weighted by molar-refractivity contribution is 0.170. The Morgan fingerprint density at radius 2 is 1.56 bits per heavy atom. The minimum Gasteiger partial charge on any atom is -0.490 e. The van der Waals surface area contributed by atoms with Crippen molar-refractivity contribution in [2.45, 2.75) is 18.9 Å². The second-order valence-electron chi connectivity index (χ2n) is 6.26. The third-order valence-corrected chi connectivity index (χ3v) is 4.60. The zero-order valence-electron chi connectivity index (χ0n) is 14.1. The van der Waals surface area contributed by atoms with Crippen molar-refractivity contribution in [3.63, 3.8) is 0 Å². The minimum atomic E-state index is 0.265. The van der Waals surface area contributed by atoms with E-state index in [-0.39, 0.29) is 6.10 Å². The molecule has 4 nitrogen and oxygen atoms in total. The molecule has 0 bridgehead atoms. The zero-order chi connectivity index (χ0) is 16.9. The van der Waals surface area contributed by atoms with E-state index in [9.17, 15) is 0 Å². The van der Waals surface area contributed by atoms with Crippen molar-refractivity contribution in [3.05, 3.63) is 73.2 Å². The van der Waals surface area contributed by atoms with Crippen molar-refractivity contribution in [1.82, 2.24) is 9.97 Å². The van der Waals surface area contributed by atoms with Gasteiger partial charge in [0.15, 0.2) is 0 Å². The maximum absolute atomic E-state index is 6.17. The molecule has 0 unspecified atom stereocenters. The molecule has 1 aromatic heterocycles. The fourth-order valence-corrected chi connectivity index (χ4v) is 3.22. The number of hydrogen-bond donors (Lipinski definition) is 0. The predicted molar refractivity (Wildman–Crippen MR) is 99.8 cm³/mol. The van der Waals surface area contributed by atoms with Crippen LogP contribution in [0.5, 0.6) is 5.75 Å². The molecule has 4 rings (SSSR count). The molecule has 0 aliphatic carbocycles. The van der Waals surface area contributed by atoms with Crippen LogP contribution in [0.1, 0.15) is 12.8 Å². The van der Waals surface area contributed by atoms with Crippen LogP contribution in [0.25, 0.3) is 11.1 Å². The van der Waals surface area contributed by atoms with Crippen LogP contribution in [-0.2, 0) is 0 Å². The summed E-state index contributed by atoms with van der Waals surface area (Å²) in [6.45, 7) is 1.92. The van der Waals surface area contributed by atoms with Gasteiger partial charge in [0.25, 0.3) is 0 Å². The average molecular weight is 331 g/mol. The highest BCUT2D eigenvalue weighted by molar-refractivity contribution is 5.63. The zero-order valence-corrected chi connectivity index (χ0v) is 14.1. The lowest BCUT2D eigenvalue weighted by Crippen LogP contribution is -2.38. The topological polar surface area (TPSA) is 38.2 Å². The third-order valence-electron chi connectivity index (χ3n) is 4.60. The number of hydrogen-bond acceptors (Lipinski definition) is 4. The first-order valence-electron chi connectivity index (χ1n) is 8.71. The van der Waals surface area contributed by atoms with Crippen LogP contribution >= 0.6 is 0 Å². The molecule has 1 aliphatic rings. The summed E-state index contributed by atoms with van der Waals surface area (Å²) in [6.07, 6.45) is 5.67. The van der Waals surface area contributed by atoms with Gasteiger partial charge >= 0.3 is 0 Å². The molecule has 2 aromatic carbocycles. The highest BCUT2D eigenvalue weighted by Crippen LogP contribution is 2.25. The molecule has 2 heterocycles. The standard InChI is InChI=1S/C21H21N3O/c1-2-4-17(5-3-1)18-6-8-19(9-7-18)25-20-11-14-24(15-12-20)21-10-13-22-16-23-21/h1-10,13,16,20H,11-12,14-15H2. The summed E-state index contributed by atoms with van der Waals surface area (Å²) in [4.78, 5) is 10.6. The average Bonchev–Trinajstić information content (AvgIpc) is 2.71. The lowest BCUT2D eigenvalue weighted by atomic mass is 10.1. The van der Waals surface area contributed by atoms with Gasteiger partial charge in [-0.2, -0.15) is 0 Å². The van der Waals surface area contributed by atoms with E-state index in [1.54, 1.807) is 12.5 Å². The smallest absolute Gasteiger partial charge is 0.131 e. The SMILES string of the molecule is c1ccc(-c2ccc(OC3CCN(c4ccncn4)CC3)cc2)cc1. The molecule has 0 radical (unpaired) electrons. The minimum absolute atomic E-state index is 0.265. The van der Waals surface area contributed by atoms with E-state index in [1.165, 1.54) is 11.1 Å². The van der Waals surface area contributed by atoms with Crippen molar-refractivity contribution in [1.29, 1.82) is 0 Å². The van der Waals surface area contributed by atoms with Gasteiger partial charge in [0.05, 0.1) is 0 Å². The van der Waals surface area contributed by atoms with E-state index in [0.717, 1.165) is 37.5 Å². The summed E-state index contributed by atoms with van der Waals surface area (Å²) in [6, 6.07) is 20.8. The fraction of sp³-hybridized carbons (Fsp3) is 0.238. The number of nitrogens with zero attached hydrogens (tertiary/aromatic N) is 3. The second kappa shape index (κ2) is 7.34. The number of anilines is 1. The molecule has 0 atom stereocenters. The van der Waals surface area contributed by atoms with Gasteiger partial charge in [-0.3, -0.25) is 0 Å². The summed E-state index contributed by atoms with van der Waals surface area (Å²) in [5.74, 6) is 1.95. The molecule has 0 saturated carbocycles. The number of aromatic nitrogens is 2. The van der Waals surface area contributed by atoms with Gasteiger partial charge in [-0.25, -0.2) is 9.97 Å². The molecule has 1 aliphatic heterocycles. The molecule has 1 fully saturated rings. The normalized spacial score (nSPS) is 15.1. The van der Waals surface area contributed by atoms with Crippen LogP contribution in [0.2, 0.25) is 0 Å². The van der Waals surface area contributed by atoms with E-state index in [1.807, 2.05) is 12.1 Å². The number of ether oxygens (including phenoxy) is 1. The van der Waals surface area contributed by atoms with Crippen LogP contribution in [0.4, 0.5) is 5.82 Å². The summed E-state index contributed by atoms with van der Waals surface area (Å²) < 4.78 is 6.17. The Bertz CT molecular complexity index is 782. The number of rotatable bonds is 4. The van der Waals surface area contributed by atoms with Crippen LogP contribution in [0.15, 0.2) is 73.2 Å². The summed E-state index contributed by atoms with van der Waals surface area (Å²) in [5, 5.41) is 0. The molecule has 25 heavy (non-hydrogen) atoms. The molecule has 0 N–H and O–H groups in total. The number of benzene rings is 2. The van der Waals surface area contributed by atoms with Gasteiger partial charge in [-0.05, 0) is 29.3 Å². The number of piperidine rings is 1. The van der Waals surface area contributed by atoms with E-state index < -0.39 is 0 Å². The van der Waals surface area contributed by atoms with E-state index in [2.05, 4.69) is 63.4 Å².